The molecule has 2 aromatic carbocycles. The molecule has 2 atom stereocenters. The molecule has 0 amide bonds. The zero-order valence-electron chi connectivity index (χ0n) is 21.1. The summed E-state index contributed by atoms with van der Waals surface area (Å²) >= 11 is 0. The lowest BCUT2D eigenvalue weighted by Gasteiger charge is -2.38. The molecule has 0 saturated carbocycles. The minimum atomic E-state index is -0.695. The van der Waals surface area contributed by atoms with Gasteiger partial charge in [-0.3, -0.25) is 0 Å². The minimum Gasteiger partial charge on any atom is -0.507 e. The SMILES string of the molecule is Cc1cc2c(N3C[C@@H](C)CC[C@@H]3C)nc(OCCCN(C)C)nc2c(F)c1-c1c(O)cccc1F. The smallest absolute Gasteiger partial charge is 0.319 e. The summed E-state index contributed by atoms with van der Waals surface area (Å²) in [6.45, 7) is 8.08. The van der Waals surface area contributed by atoms with Gasteiger partial charge in [-0.05, 0) is 76.9 Å². The highest BCUT2D eigenvalue weighted by Crippen LogP contribution is 2.41. The topological polar surface area (TPSA) is 61.7 Å². The molecule has 1 saturated heterocycles. The molecule has 2 heterocycles. The van der Waals surface area contributed by atoms with Crippen molar-refractivity contribution in [2.24, 2.45) is 5.92 Å². The van der Waals surface area contributed by atoms with E-state index in [1.165, 1.54) is 18.2 Å². The largest absolute Gasteiger partial charge is 0.507 e. The number of phenolic OH excluding ortho intramolecular Hbond substituents is 1. The summed E-state index contributed by atoms with van der Waals surface area (Å²) in [7, 11) is 3.97. The molecule has 1 N–H and O–H groups in total. The Morgan fingerprint density at radius 1 is 1.14 bits per heavy atom. The van der Waals surface area contributed by atoms with Gasteiger partial charge in [0.1, 0.15) is 22.9 Å². The molecular formula is C27H34F2N4O2. The van der Waals surface area contributed by atoms with Gasteiger partial charge in [0.05, 0.1) is 12.2 Å². The van der Waals surface area contributed by atoms with Crippen LogP contribution in [0.4, 0.5) is 14.6 Å². The highest BCUT2D eigenvalue weighted by molar-refractivity contribution is 5.95. The summed E-state index contributed by atoms with van der Waals surface area (Å²) in [5, 5.41) is 10.9. The molecule has 4 rings (SSSR count). The van der Waals surface area contributed by atoms with Crippen molar-refractivity contribution in [2.75, 3.05) is 38.7 Å². The summed E-state index contributed by atoms with van der Waals surface area (Å²) in [5.74, 6) is -0.609. The Kier molecular flexibility index (Phi) is 7.40. The van der Waals surface area contributed by atoms with Gasteiger partial charge in [-0.1, -0.05) is 13.0 Å². The van der Waals surface area contributed by atoms with E-state index < -0.39 is 11.6 Å². The second-order valence-corrected chi connectivity index (χ2v) is 9.93. The maximum Gasteiger partial charge on any atom is 0.319 e. The number of piperidine rings is 1. The first-order valence-corrected chi connectivity index (χ1v) is 12.2. The molecule has 0 radical (unpaired) electrons. The van der Waals surface area contributed by atoms with Gasteiger partial charge in [0.2, 0.25) is 0 Å². The highest BCUT2D eigenvalue weighted by atomic mass is 19.1. The number of phenols is 1. The van der Waals surface area contributed by atoms with Gasteiger partial charge in [-0.15, -0.1) is 0 Å². The molecule has 35 heavy (non-hydrogen) atoms. The van der Waals surface area contributed by atoms with Gasteiger partial charge in [0.15, 0.2) is 5.82 Å². The number of ether oxygens (including phenoxy) is 1. The van der Waals surface area contributed by atoms with Gasteiger partial charge in [-0.2, -0.15) is 9.97 Å². The van der Waals surface area contributed by atoms with E-state index in [9.17, 15) is 9.50 Å². The van der Waals surface area contributed by atoms with Crippen LogP contribution < -0.4 is 9.64 Å². The molecule has 1 fully saturated rings. The van der Waals surface area contributed by atoms with Crippen LogP contribution in [0.15, 0.2) is 24.3 Å². The number of fused-ring (bicyclic) bond motifs is 1. The maximum absolute atomic E-state index is 16.1. The van der Waals surface area contributed by atoms with Crippen LogP contribution >= 0.6 is 0 Å². The molecule has 1 aromatic heterocycles. The third kappa shape index (κ3) is 5.17. The van der Waals surface area contributed by atoms with E-state index in [0.29, 0.717) is 29.3 Å². The Bertz CT molecular complexity index is 1200. The fraction of sp³-hybridized carbons (Fsp3) is 0.481. The highest BCUT2D eigenvalue weighted by Gasteiger charge is 2.29. The molecular weight excluding hydrogens is 450 g/mol. The number of benzene rings is 2. The van der Waals surface area contributed by atoms with Crippen molar-refractivity contribution >= 4 is 16.7 Å². The number of hydrogen-bond donors (Lipinski definition) is 1. The minimum absolute atomic E-state index is 0.00336. The molecule has 6 nitrogen and oxygen atoms in total. The van der Waals surface area contributed by atoms with Crippen molar-refractivity contribution < 1.29 is 18.6 Å². The summed E-state index contributed by atoms with van der Waals surface area (Å²) in [6, 6.07) is 6.06. The molecule has 0 spiro atoms. The average molecular weight is 485 g/mol. The summed E-state index contributed by atoms with van der Waals surface area (Å²) in [5.41, 5.74) is 0.387. The molecule has 8 heteroatoms. The van der Waals surface area contributed by atoms with Gasteiger partial charge in [0, 0.05) is 30.1 Å². The fourth-order valence-electron chi connectivity index (χ4n) is 4.80. The van der Waals surface area contributed by atoms with Crippen LogP contribution in [0, 0.1) is 24.5 Å². The van der Waals surface area contributed by atoms with Gasteiger partial charge in [0.25, 0.3) is 0 Å². The number of rotatable bonds is 7. The average Bonchev–Trinajstić information content (AvgIpc) is 2.80. The lowest BCUT2D eigenvalue weighted by molar-refractivity contribution is 0.264. The van der Waals surface area contributed by atoms with Crippen LogP contribution in [0.25, 0.3) is 22.0 Å². The monoisotopic (exact) mass is 484 g/mol. The number of halogens is 2. The van der Waals surface area contributed by atoms with Crippen LogP contribution in [0.3, 0.4) is 0 Å². The summed E-state index contributed by atoms with van der Waals surface area (Å²) in [4.78, 5) is 13.4. The first kappa shape index (κ1) is 25.1. The maximum atomic E-state index is 16.1. The Hall–Kier alpha value is -3.00. The zero-order chi connectivity index (χ0) is 25.3. The number of aromatic nitrogens is 2. The predicted molar refractivity (Wildman–Crippen MR) is 135 cm³/mol. The molecule has 1 aliphatic heterocycles. The first-order valence-electron chi connectivity index (χ1n) is 12.2. The number of anilines is 1. The summed E-state index contributed by atoms with van der Waals surface area (Å²) < 4.78 is 36.7. The number of hydrogen-bond acceptors (Lipinski definition) is 6. The third-order valence-electron chi connectivity index (χ3n) is 6.70. The second-order valence-electron chi connectivity index (χ2n) is 9.93. The number of aromatic hydroxyl groups is 1. The lowest BCUT2D eigenvalue weighted by Crippen LogP contribution is -2.41. The Labute approximate surface area is 205 Å². The fourth-order valence-corrected chi connectivity index (χ4v) is 4.80. The van der Waals surface area contributed by atoms with Crippen LogP contribution in [-0.4, -0.2) is 59.8 Å². The van der Waals surface area contributed by atoms with E-state index in [0.717, 1.165) is 32.4 Å². The van der Waals surface area contributed by atoms with E-state index in [1.807, 2.05) is 14.1 Å². The lowest BCUT2D eigenvalue weighted by atomic mass is 9.93. The van der Waals surface area contributed by atoms with E-state index in [-0.39, 0.29) is 34.4 Å². The van der Waals surface area contributed by atoms with Crippen LogP contribution in [0.5, 0.6) is 11.8 Å². The van der Waals surface area contributed by atoms with E-state index in [4.69, 9.17) is 9.72 Å². The van der Waals surface area contributed by atoms with Crippen molar-refractivity contribution in [3.8, 4) is 22.9 Å². The molecule has 0 unspecified atom stereocenters. The molecule has 3 aromatic rings. The molecule has 1 aliphatic rings. The van der Waals surface area contributed by atoms with Crippen LogP contribution in [-0.2, 0) is 0 Å². The Morgan fingerprint density at radius 2 is 1.91 bits per heavy atom. The van der Waals surface area contributed by atoms with E-state index >= 15 is 4.39 Å². The Balaban J connectivity index is 1.88. The van der Waals surface area contributed by atoms with Crippen molar-refractivity contribution in [3.63, 3.8) is 0 Å². The van der Waals surface area contributed by atoms with Crippen molar-refractivity contribution in [1.82, 2.24) is 14.9 Å². The molecule has 0 bridgehead atoms. The predicted octanol–water partition coefficient (Wildman–Crippen LogP) is 5.54. The first-order chi connectivity index (χ1) is 16.7. The quantitative estimate of drug-likeness (QED) is 0.444. The number of aryl methyl sites for hydroxylation is 1. The standard InChI is InChI=1S/C27H34F2N4O2/c1-16-10-11-18(3)33(15-16)26-19-14-17(2)22(23-20(28)8-6-9-21(23)34)24(29)25(19)30-27(31-26)35-13-7-12-32(4)5/h6,8-9,14,16,18,34H,7,10-13,15H2,1-5H3/t16-,18-/m0/s1. The zero-order valence-corrected chi connectivity index (χ0v) is 21.1. The van der Waals surface area contributed by atoms with Crippen molar-refractivity contribution in [3.05, 3.63) is 41.5 Å². The van der Waals surface area contributed by atoms with Crippen molar-refractivity contribution in [1.29, 1.82) is 0 Å². The van der Waals surface area contributed by atoms with Crippen LogP contribution in [0.1, 0.15) is 38.7 Å². The van der Waals surface area contributed by atoms with E-state index in [2.05, 4.69) is 28.6 Å². The van der Waals surface area contributed by atoms with Crippen LogP contribution in [0.2, 0.25) is 0 Å². The number of nitrogens with zero attached hydrogens (tertiary/aromatic N) is 4. The molecule has 188 valence electrons. The van der Waals surface area contributed by atoms with Gasteiger partial charge >= 0.3 is 6.01 Å². The van der Waals surface area contributed by atoms with Gasteiger partial charge in [-0.25, -0.2) is 8.78 Å². The summed E-state index contributed by atoms with van der Waals surface area (Å²) in [6.07, 6.45) is 2.90. The third-order valence-corrected chi connectivity index (χ3v) is 6.70. The normalized spacial score (nSPS) is 18.5. The molecule has 0 aliphatic carbocycles. The van der Waals surface area contributed by atoms with Crippen molar-refractivity contribution in [2.45, 2.75) is 46.1 Å². The van der Waals surface area contributed by atoms with Gasteiger partial charge < -0.3 is 19.6 Å². The second kappa shape index (κ2) is 10.3. The van der Waals surface area contributed by atoms with E-state index in [1.54, 1.807) is 13.0 Å². The Morgan fingerprint density at radius 3 is 2.63 bits per heavy atom.